The first-order valence-electron chi connectivity index (χ1n) is 16.4. The SMILES string of the molecule is Nc1ccncn1.O=C(Nc1ccncn1)c1cnc2ccc(N3CCCC3C(F)(F)F)nn12.O=C(O)c1cnc2ccc(N3CCCC3C(F)(F)F)nn12. The number of anilines is 4. The van der Waals surface area contributed by atoms with E-state index >= 15 is 0 Å². The van der Waals surface area contributed by atoms with Crippen molar-refractivity contribution in [2.45, 2.75) is 50.1 Å². The lowest BCUT2D eigenvalue weighted by molar-refractivity contribution is -0.146. The third-order valence-corrected chi connectivity index (χ3v) is 8.43. The number of nitrogen functional groups attached to an aromatic ring is 1. The predicted octanol–water partition coefficient (Wildman–Crippen LogP) is 4.32. The van der Waals surface area contributed by atoms with Crippen molar-refractivity contribution >= 4 is 46.4 Å². The van der Waals surface area contributed by atoms with Gasteiger partial charge in [0.2, 0.25) is 0 Å². The molecular formula is C32H30F6N14O3. The summed E-state index contributed by atoms with van der Waals surface area (Å²) in [6.07, 6.45) is 0.406. The minimum absolute atomic E-state index is 0.0128. The lowest BCUT2D eigenvalue weighted by Gasteiger charge is -2.27. The maximum atomic E-state index is 13.2. The quantitative estimate of drug-likeness (QED) is 0.209. The third kappa shape index (κ3) is 8.76. The Morgan fingerprint density at radius 3 is 1.65 bits per heavy atom. The van der Waals surface area contributed by atoms with E-state index in [2.05, 4.69) is 45.4 Å². The van der Waals surface area contributed by atoms with Gasteiger partial charge in [-0.05, 0) is 62.1 Å². The summed E-state index contributed by atoms with van der Waals surface area (Å²) in [7, 11) is 0. The molecule has 0 aliphatic carbocycles. The lowest BCUT2D eigenvalue weighted by Crippen LogP contribution is -2.41. The van der Waals surface area contributed by atoms with Crippen LogP contribution in [0.2, 0.25) is 0 Å². The smallest absolute Gasteiger partial charge is 0.408 e. The van der Waals surface area contributed by atoms with Crippen molar-refractivity contribution in [2.24, 2.45) is 0 Å². The number of nitrogens with two attached hydrogens (primary N) is 1. The Kier molecular flexibility index (Phi) is 10.9. The van der Waals surface area contributed by atoms with Crippen LogP contribution in [0, 0.1) is 0 Å². The van der Waals surface area contributed by atoms with E-state index in [-0.39, 0.29) is 60.4 Å². The van der Waals surface area contributed by atoms with Gasteiger partial charge in [-0.3, -0.25) is 4.79 Å². The highest BCUT2D eigenvalue weighted by atomic mass is 19.4. The Morgan fingerprint density at radius 2 is 1.22 bits per heavy atom. The van der Waals surface area contributed by atoms with Crippen LogP contribution in [-0.4, -0.2) is 104 Å². The number of fused-ring (bicyclic) bond motifs is 2. The number of nitrogens with one attached hydrogen (secondary N) is 1. The average Bonchev–Trinajstić information content (AvgIpc) is 3.97. The zero-order chi connectivity index (χ0) is 39.3. The van der Waals surface area contributed by atoms with Gasteiger partial charge < -0.3 is 26.0 Å². The number of aromatic nitrogens is 10. The van der Waals surface area contributed by atoms with Crippen LogP contribution in [-0.2, 0) is 0 Å². The molecule has 23 heteroatoms. The second-order valence-electron chi connectivity index (χ2n) is 12.0. The van der Waals surface area contributed by atoms with E-state index in [0.29, 0.717) is 24.3 Å². The first-order valence-corrected chi connectivity index (χ1v) is 16.4. The Bertz CT molecular complexity index is 2250. The minimum Gasteiger partial charge on any atom is -0.476 e. The summed E-state index contributed by atoms with van der Waals surface area (Å²) in [5, 5.41) is 19.8. The van der Waals surface area contributed by atoms with E-state index in [0.717, 1.165) is 15.6 Å². The summed E-state index contributed by atoms with van der Waals surface area (Å²) in [4.78, 5) is 48.8. The van der Waals surface area contributed by atoms with Gasteiger partial charge in [-0.1, -0.05) is 0 Å². The molecule has 6 aromatic heterocycles. The Morgan fingerprint density at radius 1 is 0.709 bits per heavy atom. The van der Waals surface area contributed by atoms with E-state index in [4.69, 9.17) is 10.8 Å². The van der Waals surface area contributed by atoms with Gasteiger partial charge in [0.25, 0.3) is 5.91 Å². The summed E-state index contributed by atoms with van der Waals surface area (Å²) >= 11 is 0. The lowest BCUT2D eigenvalue weighted by atomic mass is 10.2. The van der Waals surface area contributed by atoms with Crippen LogP contribution in [0.15, 0.2) is 73.8 Å². The molecule has 6 aromatic rings. The van der Waals surface area contributed by atoms with Crippen molar-refractivity contribution in [1.29, 1.82) is 0 Å². The van der Waals surface area contributed by atoms with Crippen molar-refractivity contribution in [3.8, 4) is 0 Å². The van der Waals surface area contributed by atoms with Gasteiger partial charge in [-0.15, -0.1) is 10.2 Å². The molecule has 8 rings (SSSR count). The number of amides is 1. The fourth-order valence-electron chi connectivity index (χ4n) is 5.94. The molecule has 2 fully saturated rings. The number of carbonyl (C=O) groups excluding carboxylic acids is 1. The molecule has 0 bridgehead atoms. The van der Waals surface area contributed by atoms with E-state index in [1.807, 2.05) is 0 Å². The highest BCUT2D eigenvalue weighted by Crippen LogP contribution is 2.36. The van der Waals surface area contributed by atoms with Gasteiger partial charge in [0.1, 0.15) is 48.0 Å². The van der Waals surface area contributed by atoms with Crippen molar-refractivity contribution in [3.63, 3.8) is 0 Å². The van der Waals surface area contributed by atoms with Crippen LogP contribution in [0.5, 0.6) is 0 Å². The standard InChI is InChI=1S/C16H14F3N7O.C12H11F3N4O2.C4H5N3/c17-16(18,19)11-2-1-7-25(11)14-4-3-13-21-8-10(26(13)24-14)15(27)23-12-5-6-20-9-22-12;13-12(14,15)8-2-1-5-18(8)10-4-3-9-16-6-7(11(20)21)19(9)17-10;5-4-1-2-6-3-7-4/h3-6,8-9,11H,1-2,7H2,(H,20,22,23,27);3-4,6,8H,1-2,5H2,(H,20,21);1-3H,(H2,5,6,7). The summed E-state index contributed by atoms with van der Waals surface area (Å²) in [5.74, 6) is -0.715. The molecule has 2 unspecified atom stereocenters. The first kappa shape index (κ1) is 38.1. The maximum Gasteiger partial charge on any atom is 0.408 e. The van der Waals surface area contributed by atoms with Gasteiger partial charge >= 0.3 is 18.3 Å². The molecule has 2 atom stereocenters. The molecule has 2 saturated heterocycles. The van der Waals surface area contributed by atoms with Crippen LogP contribution >= 0.6 is 0 Å². The number of halogens is 6. The van der Waals surface area contributed by atoms with E-state index in [9.17, 15) is 35.9 Å². The minimum atomic E-state index is -4.34. The normalized spacial score (nSPS) is 17.1. The zero-order valence-corrected chi connectivity index (χ0v) is 28.3. The monoisotopic (exact) mass is 772 g/mol. The van der Waals surface area contributed by atoms with E-state index in [1.165, 1.54) is 64.8 Å². The van der Waals surface area contributed by atoms with Gasteiger partial charge in [-0.25, -0.2) is 43.7 Å². The molecular weight excluding hydrogens is 742 g/mol. The van der Waals surface area contributed by atoms with E-state index in [1.54, 1.807) is 12.3 Å². The Balaban J connectivity index is 0.000000162. The number of hydrogen-bond acceptors (Lipinski definition) is 13. The number of carboxylic acid groups (broad SMARTS) is 1. The van der Waals surface area contributed by atoms with Gasteiger partial charge in [0, 0.05) is 25.5 Å². The van der Waals surface area contributed by atoms with Crippen LogP contribution in [0.3, 0.4) is 0 Å². The highest BCUT2D eigenvalue weighted by molar-refractivity contribution is 6.02. The van der Waals surface area contributed by atoms with Crippen LogP contribution < -0.4 is 20.9 Å². The second kappa shape index (κ2) is 15.7. The van der Waals surface area contributed by atoms with Gasteiger partial charge in [-0.2, -0.15) is 26.3 Å². The highest BCUT2D eigenvalue weighted by Gasteiger charge is 2.47. The number of rotatable bonds is 5. The Labute approximate surface area is 305 Å². The number of alkyl halides is 6. The van der Waals surface area contributed by atoms with Crippen LogP contribution in [0.4, 0.5) is 49.6 Å². The summed E-state index contributed by atoms with van der Waals surface area (Å²) in [5.41, 5.74) is 5.74. The molecule has 4 N–H and O–H groups in total. The molecule has 288 valence electrons. The van der Waals surface area contributed by atoms with Crippen LogP contribution in [0.1, 0.15) is 46.7 Å². The average molecular weight is 773 g/mol. The first-order chi connectivity index (χ1) is 26.2. The van der Waals surface area contributed by atoms with Crippen molar-refractivity contribution < 1.29 is 41.0 Å². The fraction of sp³-hybridized carbons (Fsp3) is 0.312. The largest absolute Gasteiger partial charge is 0.476 e. The molecule has 8 heterocycles. The molecule has 2 aliphatic rings. The number of imidazole rings is 2. The molecule has 0 spiro atoms. The van der Waals surface area contributed by atoms with Crippen molar-refractivity contribution in [2.75, 3.05) is 33.9 Å². The number of aromatic carboxylic acids is 1. The zero-order valence-electron chi connectivity index (χ0n) is 28.3. The molecule has 0 radical (unpaired) electrons. The topological polar surface area (TPSA) is 211 Å². The van der Waals surface area contributed by atoms with Crippen molar-refractivity contribution in [1.82, 2.24) is 49.1 Å². The Hall–Kier alpha value is -6.68. The number of carbonyl (C=O) groups is 2. The second-order valence-corrected chi connectivity index (χ2v) is 12.0. The number of hydrogen-bond donors (Lipinski definition) is 3. The van der Waals surface area contributed by atoms with Gasteiger partial charge in [0.15, 0.2) is 22.7 Å². The fourth-order valence-corrected chi connectivity index (χ4v) is 5.94. The molecule has 1 amide bonds. The maximum absolute atomic E-state index is 13.2. The predicted molar refractivity (Wildman–Crippen MR) is 182 cm³/mol. The number of carboxylic acids is 1. The summed E-state index contributed by atoms with van der Waals surface area (Å²) in [6, 6.07) is 5.90. The van der Waals surface area contributed by atoms with Crippen molar-refractivity contribution in [3.05, 3.63) is 85.2 Å². The van der Waals surface area contributed by atoms with E-state index < -0.39 is 36.3 Å². The molecule has 17 nitrogen and oxygen atoms in total. The molecule has 0 aromatic carbocycles. The van der Waals surface area contributed by atoms with Crippen LogP contribution in [0.25, 0.3) is 11.3 Å². The number of nitrogens with zero attached hydrogens (tertiary/aromatic N) is 12. The summed E-state index contributed by atoms with van der Waals surface area (Å²) < 4.78 is 80.9. The molecule has 0 saturated carbocycles. The summed E-state index contributed by atoms with van der Waals surface area (Å²) in [6.45, 7) is 0.486. The molecule has 2 aliphatic heterocycles. The molecule has 55 heavy (non-hydrogen) atoms. The third-order valence-electron chi connectivity index (χ3n) is 8.43. The van der Waals surface area contributed by atoms with Gasteiger partial charge in [0.05, 0.1) is 12.4 Å².